The number of nitriles is 1. The summed E-state index contributed by atoms with van der Waals surface area (Å²) in [5.74, 6) is 0.222. The zero-order valence-electron chi connectivity index (χ0n) is 35.2. The van der Waals surface area contributed by atoms with Gasteiger partial charge in [0.15, 0.2) is 5.82 Å². The van der Waals surface area contributed by atoms with E-state index in [9.17, 15) is 14.0 Å². The zero-order valence-corrected chi connectivity index (χ0v) is 37.2. The molecule has 0 bridgehead atoms. The number of alkyl halides is 1. The first-order chi connectivity index (χ1) is 30.8. The number of hydrogen-bond acceptors (Lipinski definition) is 8. The molecule has 2 fully saturated rings. The third kappa shape index (κ3) is 9.27. The molecule has 9 rings (SSSR count). The number of benzene rings is 4. The van der Waals surface area contributed by atoms with Gasteiger partial charge in [-0.1, -0.05) is 100 Å². The predicted molar refractivity (Wildman–Crippen MR) is 241 cm³/mol. The maximum absolute atomic E-state index is 13.4. The van der Waals surface area contributed by atoms with E-state index >= 15 is 0 Å². The summed E-state index contributed by atoms with van der Waals surface area (Å²) in [6.07, 6.45) is 2.29. The number of aryl methyl sites for hydroxylation is 2. The molecule has 2 aliphatic heterocycles. The Morgan fingerprint density at radius 3 is 1.65 bits per heavy atom. The molecule has 4 aromatic carbocycles. The number of amides is 2. The van der Waals surface area contributed by atoms with Gasteiger partial charge in [0.05, 0.1) is 65.4 Å². The van der Waals surface area contributed by atoms with Crippen molar-refractivity contribution in [3.05, 3.63) is 144 Å². The average molecular weight is 935 g/mol. The van der Waals surface area contributed by atoms with Crippen LogP contribution in [0.5, 0.6) is 0 Å². The maximum atomic E-state index is 13.4. The molecular formula is C45H42Cl4FN9O4. The molecule has 13 nitrogen and oxygen atoms in total. The number of tetrazole rings is 1. The summed E-state index contributed by atoms with van der Waals surface area (Å²) < 4.78 is 30.5. The van der Waals surface area contributed by atoms with Crippen LogP contribution in [0.1, 0.15) is 63.3 Å². The van der Waals surface area contributed by atoms with E-state index in [0.717, 1.165) is 44.1 Å². The van der Waals surface area contributed by atoms with Gasteiger partial charge < -0.3 is 29.2 Å². The minimum atomic E-state index is -1.00. The van der Waals surface area contributed by atoms with Gasteiger partial charge in [-0.3, -0.25) is 14.0 Å². The molecule has 5 heterocycles. The topological polar surface area (TPSA) is 165 Å². The first-order valence-electron chi connectivity index (χ1n) is 20.3. The van der Waals surface area contributed by atoms with E-state index in [0.29, 0.717) is 89.4 Å². The van der Waals surface area contributed by atoms with Crippen LogP contribution in [0.3, 0.4) is 0 Å². The lowest BCUT2D eigenvalue weighted by Crippen LogP contribution is -2.47. The van der Waals surface area contributed by atoms with Crippen LogP contribution in [-0.2, 0) is 47.5 Å². The molecular weight excluding hydrogens is 891 g/mol. The average Bonchev–Trinajstić information content (AvgIpc) is 4.16. The van der Waals surface area contributed by atoms with Gasteiger partial charge >= 0.3 is 0 Å². The standard InChI is InChI=1S/C22H20Cl2N6O2.C22H19Cl2N3O2.CH3F/c1-30-17-7-6-16(23)20(24)15(17)11-18(30)21(31)25-22(8-9-32-12-22)14-4-2-13(3-5-14)10-19-26-28-29-27-19;1-27-18-7-6-17(23)20(24)16(18)12-19(27)21(28)26-22(9-11-29-13-22)15-4-2-14(3-5-15)8-10-25;1-2/h2-7,11H,8-10,12H2,1H3,(H,25,31)(H,26,27,28,29);2-7,12H,8-9,11,13H2,1H3,(H,26,28);1H3/i;;1D. The van der Waals surface area contributed by atoms with Crippen LogP contribution in [0, 0.1) is 11.3 Å². The summed E-state index contributed by atoms with van der Waals surface area (Å²) in [5, 5.41) is 32.6. The smallest absolute Gasteiger partial charge is 0.268 e. The van der Waals surface area contributed by atoms with Crippen molar-refractivity contribution in [3.63, 3.8) is 0 Å². The number of aromatic nitrogens is 6. The van der Waals surface area contributed by atoms with Gasteiger partial charge in [-0.05, 0) is 58.7 Å². The second-order valence-corrected chi connectivity index (χ2v) is 16.7. The summed E-state index contributed by atoms with van der Waals surface area (Å²) in [4.78, 5) is 26.6. The summed E-state index contributed by atoms with van der Waals surface area (Å²) in [5.41, 5.74) is 5.40. The van der Waals surface area contributed by atoms with E-state index in [-0.39, 0.29) is 11.8 Å². The van der Waals surface area contributed by atoms with E-state index in [1.165, 1.54) is 0 Å². The number of ether oxygens (including phenoxy) is 2. The first kappa shape index (κ1) is 44.1. The van der Waals surface area contributed by atoms with Crippen LogP contribution in [-0.4, -0.2) is 75.2 Å². The molecule has 7 aromatic rings. The van der Waals surface area contributed by atoms with Crippen molar-refractivity contribution in [1.82, 2.24) is 40.4 Å². The Bertz CT molecular complexity index is 2820. The van der Waals surface area contributed by atoms with Crippen molar-refractivity contribution in [2.24, 2.45) is 14.1 Å². The molecule has 0 radical (unpaired) electrons. The van der Waals surface area contributed by atoms with Gasteiger partial charge in [-0.15, -0.1) is 10.2 Å². The molecule has 3 N–H and O–H groups in total. The first-order valence-corrected chi connectivity index (χ1v) is 21.2. The summed E-state index contributed by atoms with van der Waals surface area (Å²) in [7, 11) is 2.67. The SMILES string of the molecule is Cn1c(C(=O)NC2(c3ccc(CC#N)cc3)CCOC2)cc2c(Cl)c(Cl)ccc21.Cn1c(C(=O)NC2(c3ccc(Cc4nn[nH]n4)cc3)CCOC2)cc2c(Cl)c(Cl)ccc21.[2H]CF. The van der Waals surface area contributed by atoms with Crippen LogP contribution in [0.15, 0.2) is 84.9 Å². The number of H-pyrrole nitrogens is 1. The lowest BCUT2D eigenvalue weighted by molar-refractivity contribution is 0.0860. The van der Waals surface area contributed by atoms with Gasteiger partial charge in [0.2, 0.25) is 0 Å². The number of hydrogen-bond donors (Lipinski definition) is 3. The molecule has 63 heavy (non-hydrogen) atoms. The Balaban J connectivity index is 0.000000181. The van der Waals surface area contributed by atoms with Gasteiger partial charge in [0, 0.05) is 68.4 Å². The molecule has 2 saturated heterocycles. The highest BCUT2D eigenvalue weighted by Gasteiger charge is 2.40. The van der Waals surface area contributed by atoms with Gasteiger partial charge in [0.1, 0.15) is 11.4 Å². The van der Waals surface area contributed by atoms with Crippen LogP contribution in [0.2, 0.25) is 20.1 Å². The molecule has 2 unspecified atom stereocenters. The van der Waals surface area contributed by atoms with E-state index in [4.69, 9.17) is 62.5 Å². The third-order valence-electron chi connectivity index (χ3n) is 11.5. The Kier molecular flexibility index (Phi) is 13.6. The second kappa shape index (κ2) is 19.5. The number of carbonyl (C=O) groups excluding carboxylic acids is 2. The minimum Gasteiger partial charge on any atom is -0.379 e. The lowest BCUT2D eigenvalue weighted by atomic mass is 9.88. The summed E-state index contributed by atoms with van der Waals surface area (Å²) in [6, 6.07) is 28.7. The highest BCUT2D eigenvalue weighted by molar-refractivity contribution is 6.46. The Morgan fingerprint density at radius 2 is 1.25 bits per heavy atom. The molecule has 326 valence electrons. The van der Waals surface area contributed by atoms with E-state index in [1.807, 2.05) is 83.9 Å². The van der Waals surface area contributed by atoms with Gasteiger partial charge in [-0.2, -0.15) is 10.5 Å². The molecule has 0 aliphatic carbocycles. The molecule has 2 amide bonds. The fourth-order valence-corrected chi connectivity index (χ4v) is 8.80. The largest absolute Gasteiger partial charge is 0.379 e. The van der Waals surface area contributed by atoms with Crippen molar-refractivity contribution in [1.29, 1.82) is 5.26 Å². The van der Waals surface area contributed by atoms with Gasteiger partial charge in [0.25, 0.3) is 11.8 Å². The fraction of sp³-hybridized carbons (Fsp3) is 0.289. The van der Waals surface area contributed by atoms with Crippen molar-refractivity contribution < 1.29 is 24.8 Å². The molecule has 0 spiro atoms. The van der Waals surface area contributed by atoms with Crippen molar-refractivity contribution in [3.8, 4) is 6.07 Å². The number of halogens is 5. The van der Waals surface area contributed by atoms with E-state index in [2.05, 4.69) is 37.3 Å². The van der Waals surface area contributed by atoms with Crippen LogP contribution in [0.25, 0.3) is 21.8 Å². The summed E-state index contributed by atoms with van der Waals surface area (Å²) >= 11 is 25.0. The number of rotatable bonds is 9. The minimum absolute atomic E-state index is 0.197. The van der Waals surface area contributed by atoms with Crippen LogP contribution < -0.4 is 10.6 Å². The van der Waals surface area contributed by atoms with Gasteiger partial charge in [-0.25, -0.2) is 0 Å². The van der Waals surface area contributed by atoms with Crippen molar-refractivity contribution >= 4 is 80.0 Å². The molecule has 3 aromatic heterocycles. The Labute approximate surface area is 383 Å². The lowest BCUT2D eigenvalue weighted by Gasteiger charge is -2.29. The predicted octanol–water partition coefficient (Wildman–Crippen LogP) is 8.82. The van der Waals surface area contributed by atoms with Crippen LogP contribution in [0.4, 0.5) is 4.39 Å². The summed E-state index contributed by atoms with van der Waals surface area (Å²) in [6.45, 7) is 1.94. The Morgan fingerprint density at radius 1 is 0.794 bits per heavy atom. The quantitative estimate of drug-likeness (QED) is 0.129. The fourth-order valence-electron chi connectivity index (χ4n) is 8.04. The normalized spacial score (nSPS) is 18.2. The van der Waals surface area contributed by atoms with Crippen LogP contribution >= 0.6 is 46.4 Å². The number of carbonyl (C=O) groups is 2. The Hall–Kier alpha value is -5.53. The van der Waals surface area contributed by atoms with Crippen molar-refractivity contribution in [2.45, 2.75) is 36.8 Å². The molecule has 2 aliphatic rings. The molecule has 2 atom stereocenters. The number of fused-ring (bicyclic) bond motifs is 2. The zero-order chi connectivity index (χ0) is 45.6. The molecule has 18 heteroatoms. The number of nitrogens with one attached hydrogen (secondary N) is 3. The highest BCUT2D eigenvalue weighted by atomic mass is 35.5. The monoisotopic (exact) mass is 932 g/mol. The van der Waals surface area contributed by atoms with E-state index < -0.39 is 18.2 Å². The number of nitrogens with zero attached hydrogens (tertiary/aromatic N) is 6. The third-order valence-corrected chi connectivity index (χ3v) is 13.1. The van der Waals surface area contributed by atoms with E-state index in [1.54, 1.807) is 24.3 Å². The second-order valence-electron chi connectivity index (χ2n) is 15.2. The highest BCUT2D eigenvalue weighted by Crippen LogP contribution is 2.37. The maximum Gasteiger partial charge on any atom is 0.268 e. The van der Waals surface area contributed by atoms with Crippen molar-refractivity contribution in [2.75, 3.05) is 33.6 Å². The number of aromatic amines is 1. The molecule has 0 saturated carbocycles.